The van der Waals surface area contributed by atoms with E-state index in [0.717, 1.165) is 0 Å². The molecule has 0 aliphatic carbocycles. The molecule has 0 atom stereocenters. The number of phenols is 2. The van der Waals surface area contributed by atoms with Crippen LogP contribution in [0.15, 0.2) is 28.7 Å². The van der Waals surface area contributed by atoms with Crippen LogP contribution in [0.4, 0.5) is 11.4 Å². The molecule has 2 aromatic carbocycles. The van der Waals surface area contributed by atoms with Gasteiger partial charge in [0.2, 0.25) is 0 Å². The molecule has 3 aromatic rings. The van der Waals surface area contributed by atoms with E-state index in [1.165, 1.54) is 24.3 Å². The van der Waals surface area contributed by atoms with Gasteiger partial charge in [-0.15, -0.1) is 0 Å². The second-order valence-electron chi connectivity index (χ2n) is 3.93. The van der Waals surface area contributed by atoms with Crippen LogP contribution in [0, 0.1) is 0 Å². The van der Waals surface area contributed by atoms with Crippen molar-refractivity contribution in [3.8, 4) is 11.5 Å². The lowest BCUT2D eigenvalue weighted by molar-refractivity contribution is 0.475. The molecule has 0 unspecified atom stereocenters. The molecule has 3 rings (SSSR count). The number of rotatable bonds is 0. The number of nitrogen functional groups attached to an aromatic ring is 2. The fourth-order valence-corrected chi connectivity index (χ4v) is 2.00. The minimum Gasteiger partial charge on any atom is -0.508 e. The SMILES string of the molecule is Nc1cc(O)cc2c1oc1c(N)cc(O)cc12. The van der Waals surface area contributed by atoms with E-state index in [9.17, 15) is 10.2 Å². The van der Waals surface area contributed by atoms with Crippen LogP contribution in [-0.2, 0) is 0 Å². The third-order valence-corrected chi connectivity index (χ3v) is 2.70. The first-order valence-electron chi connectivity index (χ1n) is 4.99. The van der Waals surface area contributed by atoms with Gasteiger partial charge >= 0.3 is 0 Å². The van der Waals surface area contributed by atoms with Crippen molar-refractivity contribution < 1.29 is 14.6 Å². The van der Waals surface area contributed by atoms with Gasteiger partial charge in [0.25, 0.3) is 0 Å². The molecule has 1 aromatic heterocycles. The van der Waals surface area contributed by atoms with Gasteiger partial charge < -0.3 is 26.1 Å². The van der Waals surface area contributed by atoms with E-state index in [4.69, 9.17) is 15.9 Å². The minimum absolute atomic E-state index is 0.0413. The van der Waals surface area contributed by atoms with Gasteiger partial charge in [0.15, 0.2) is 11.2 Å². The molecule has 0 aliphatic heterocycles. The summed E-state index contributed by atoms with van der Waals surface area (Å²) in [6.07, 6.45) is 0. The van der Waals surface area contributed by atoms with Crippen molar-refractivity contribution in [1.29, 1.82) is 0 Å². The van der Waals surface area contributed by atoms with Gasteiger partial charge in [-0.05, 0) is 12.1 Å². The van der Waals surface area contributed by atoms with Gasteiger partial charge in [0, 0.05) is 22.9 Å². The molecular formula is C12H10N2O3. The van der Waals surface area contributed by atoms with Crippen molar-refractivity contribution in [3.05, 3.63) is 24.3 Å². The Labute approximate surface area is 95.9 Å². The standard InChI is InChI=1S/C12H10N2O3/c13-9-3-5(15)1-7-8-2-6(16)4-10(14)12(8)17-11(7)9/h1-4,15-16H,13-14H2. The molecule has 0 fully saturated rings. The van der Waals surface area contributed by atoms with E-state index in [1.807, 2.05) is 0 Å². The molecule has 17 heavy (non-hydrogen) atoms. The number of fused-ring (bicyclic) bond motifs is 3. The summed E-state index contributed by atoms with van der Waals surface area (Å²) in [4.78, 5) is 0. The summed E-state index contributed by atoms with van der Waals surface area (Å²) in [7, 11) is 0. The van der Waals surface area contributed by atoms with Crippen LogP contribution in [0.3, 0.4) is 0 Å². The second kappa shape index (κ2) is 2.98. The first kappa shape index (κ1) is 9.65. The predicted octanol–water partition coefficient (Wildman–Crippen LogP) is 2.16. The molecule has 0 aliphatic rings. The Kier molecular flexibility index (Phi) is 1.69. The zero-order valence-electron chi connectivity index (χ0n) is 8.77. The molecule has 0 radical (unpaired) electrons. The lowest BCUT2D eigenvalue weighted by Crippen LogP contribution is -1.84. The Morgan fingerprint density at radius 3 is 1.59 bits per heavy atom. The summed E-state index contributed by atoms with van der Waals surface area (Å²) < 4.78 is 5.55. The van der Waals surface area contributed by atoms with Crippen LogP contribution in [0.25, 0.3) is 21.9 Å². The lowest BCUT2D eigenvalue weighted by Gasteiger charge is -1.97. The van der Waals surface area contributed by atoms with Crippen molar-refractivity contribution in [1.82, 2.24) is 0 Å². The van der Waals surface area contributed by atoms with Gasteiger partial charge in [-0.25, -0.2) is 0 Å². The van der Waals surface area contributed by atoms with Crippen LogP contribution in [0.5, 0.6) is 11.5 Å². The number of anilines is 2. The largest absolute Gasteiger partial charge is 0.508 e. The van der Waals surface area contributed by atoms with E-state index in [2.05, 4.69) is 0 Å². The molecule has 5 nitrogen and oxygen atoms in total. The van der Waals surface area contributed by atoms with E-state index >= 15 is 0 Å². The Hall–Kier alpha value is -2.56. The molecule has 5 heteroatoms. The summed E-state index contributed by atoms with van der Waals surface area (Å²) in [5.74, 6) is 0.0826. The third-order valence-electron chi connectivity index (χ3n) is 2.70. The fourth-order valence-electron chi connectivity index (χ4n) is 2.00. The smallest absolute Gasteiger partial charge is 0.158 e. The summed E-state index contributed by atoms with van der Waals surface area (Å²) in [6.45, 7) is 0. The van der Waals surface area contributed by atoms with E-state index < -0.39 is 0 Å². The first-order chi connectivity index (χ1) is 8.06. The summed E-state index contributed by atoms with van der Waals surface area (Å²) in [6, 6.07) is 5.86. The molecule has 6 N–H and O–H groups in total. The highest BCUT2D eigenvalue weighted by Crippen LogP contribution is 2.39. The van der Waals surface area contributed by atoms with Crippen molar-refractivity contribution in [2.45, 2.75) is 0 Å². The Bertz CT molecular complexity index is 684. The van der Waals surface area contributed by atoms with Gasteiger partial charge in [0.05, 0.1) is 11.4 Å². The second-order valence-corrected chi connectivity index (χ2v) is 3.93. The number of aromatic hydroxyl groups is 2. The number of hydrogen-bond donors (Lipinski definition) is 4. The van der Waals surface area contributed by atoms with Gasteiger partial charge in [-0.3, -0.25) is 0 Å². The molecule has 0 saturated carbocycles. The first-order valence-corrected chi connectivity index (χ1v) is 4.99. The topological polar surface area (TPSA) is 106 Å². The van der Waals surface area contributed by atoms with Crippen molar-refractivity contribution in [3.63, 3.8) is 0 Å². The molecule has 1 heterocycles. The van der Waals surface area contributed by atoms with Gasteiger partial charge in [0.1, 0.15) is 11.5 Å². The van der Waals surface area contributed by atoms with Crippen LogP contribution in [0.1, 0.15) is 0 Å². The number of phenolic OH excluding ortho intramolecular Hbond substituents is 2. The average Bonchev–Trinajstić information content (AvgIpc) is 2.58. The molecular weight excluding hydrogens is 220 g/mol. The molecule has 0 amide bonds. The highest BCUT2D eigenvalue weighted by Gasteiger charge is 2.14. The fraction of sp³-hybridized carbons (Fsp3) is 0. The summed E-state index contributed by atoms with van der Waals surface area (Å²) in [5.41, 5.74) is 13.1. The predicted molar refractivity (Wildman–Crippen MR) is 65.9 cm³/mol. The number of nitrogens with two attached hydrogens (primary N) is 2. The monoisotopic (exact) mass is 230 g/mol. The zero-order chi connectivity index (χ0) is 12.2. The molecule has 0 saturated heterocycles. The Morgan fingerprint density at radius 2 is 1.18 bits per heavy atom. The molecule has 0 spiro atoms. The third kappa shape index (κ3) is 1.25. The minimum atomic E-state index is 0.0413. The maximum atomic E-state index is 9.51. The average molecular weight is 230 g/mol. The van der Waals surface area contributed by atoms with Gasteiger partial charge in [-0.1, -0.05) is 0 Å². The summed E-state index contributed by atoms with van der Waals surface area (Å²) >= 11 is 0. The van der Waals surface area contributed by atoms with Crippen LogP contribution < -0.4 is 11.5 Å². The number of hydrogen-bond acceptors (Lipinski definition) is 5. The van der Waals surface area contributed by atoms with Gasteiger partial charge in [-0.2, -0.15) is 0 Å². The van der Waals surface area contributed by atoms with Crippen LogP contribution >= 0.6 is 0 Å². The Morgan fingerprint density at radius 1 is 0.765 bits per heavy atom. The highest BCUT2D eigenvalue weighted by atomic mass is 16.3. The lowest BCUT2D eigenvalue weighted by atomic mass is 10.1. The van der Waals surface area contributed by atoms with Crippen molar-refractivity contribution in [2.24, 2.45) is 0 Å². The van der Waals surface area contributed by atoms with Crippen LogP contribution in [0.2, 0.25) is 0 Å². The maximum absolute atomic E-state index is 9.51. The van der Waals surface area contributed by atoms with Crippen molar-refractivity contribution in [2.75, 3.05) is 11.5 Å². The summed E-state index contributed by atoms with van der Waals surface area (Å²) in [5, 5.41) is 20.3. The van der Waals surface area contributed by atoms with Crippen molar-refractivity contribution >= 4 is 33.3 Å². The number of benzene rings is 2. The maximum Gasteiger partial charge on any atom is 0.158 e. The van der Waals surface area contributed by atoms with E-state index in [0.29, 0.717) is 33.3 Å². The number of furan rings is 1. The van der Waals surface area contributed by atoms with E-state index in [-0.39, 0.29) is 11.5 Å². The van der Waals surface area contributed by atoms with Crippen LogP contribution in [-0.4, -0.2) is 10.2 Å². The molecule has 0 bridgehead atoms. The van der Waals surface area contributed by atoms with E-state index in [1.54, 1.807) is 0 Å². The highest BCUT2D eigenvalue weighted by molar-refractivity contribution is 6.12. The Balaban J connectivity index is 2.60. The molecule has 86 valence electrons. The normalized spacial score (nSPS) is 11.3. The zero-order valence-corrected chi connectivity index (χ0v) is 8.77. The quantitative estimate of drug-likeness (QED) is 0.443.